The van der Waals surface area contributed by atoms with Crippen LogP contribution < -0.4 is 5.73 Å². The van der Waals surface area contributed by atoms with Gasteiger partial charge in [0.05, 0.1) is 11.5 Å². The van der Waals surface area contributed by atoms with Crippen LogP contribution in [0.3, 0.4) is 0 Å². The molecule has 2 rings (SSSR count). The number of likely N-dealkylation sites (tertiary alicyclic amines) is 1. The van der Waals surface area contributed by atoms with E-state index in [0.29, 0.717) is 13.0 Å². The van der Waals surface area contributed by atoms with Crippen molar-refractivity contribution in [3.63, 3.8) is 0 Å². The van der Waals surface area contributed by atoms with Crippen molar-refractivity contribution in [3.05, 3.63) is 0 Å². The number of hydrogen-bond acceptors (Lipinski definition) is 2. The Morgan fingerprint density at radius 3 is 2.50 bits per heavy atom. The lowest BCUT2D eigenvalue weighted by atomic mass is 10.1. The number of carbonyl (C=O) groups excluding carboxylic acids is 1. The number of amides is 1. The topological polar surface area (TPSA) is 46.3 Å². The number of carbonyl (C=O) groups is 1. The van der Waals surface area contributed by atoms with Gasteiger partial charge in [0.1, 0.15) is 0 Å². The molecule has 1 amide bonds. The Morgan fingerprint density at radius 1 is 1.57 bits per heavy atom. The Balaban J connectivity index is 2.00. The summed E-state index contributed by atoms with van der Waals surface area (Å²) in [5.74, 6) is -2.77. The van der Waals surface area contributed by atoms with E-state index >= 15 is 0 Å². The predicted octanol–water partition coefficient (Wildman–Crippen LogP) is 0.591. The van der Waals surface area contributed by atoms with Crippen LogP contribution in [-0.4, -0.2) is 35.9 Å². The summed E-state index contributed by atoms with van der Waals surface area (Å²) < 4.78 is 25.9. The second kappa shape index (κ2) is 2.66. The van der Waals surface area contributed by atoms with Gasteiger partial charge in [0.25, 0.3) is 5.92 Å². The summed E-state index contributed by atoms with van der Waals surface area (Å²) in [6.45, 7) is 2.19. The molecule has 1 spiro atoms. The monoisotopic (exact) mass is 204 g/mol. The maximum atomic E-state index is 13.0. The minimum absolute atomic E-state index is 0.0667. The molecule has 0 aromatic carbocycles. The van der Waals surface area contributed by atoms with E-state index in [0.717, 1.165) is 0 Å². The van der Waals surface area contributed by atoms with Gasteiger partial charge in [-0.3, -0.25) is 4.79 Å². The molecule has 2 N–H and O–H groups in total. The van der Waals surface area contributed by atoms with Crippen LogP contribution in [-0.2, 0) is 4.79 Å². The highest BCUT2D eigenvalue weighted by atomic mass is 19.3. The quantitative estimate of drug-likeness (QED) is 0.679. The summed E-state index contributed by atoms with van der Waals surface area (Å²) in [6, 6.07) is -0.586. The van der Waals surface area contributed by atoms with Crippen molar-refractivity contribution in [1.29, 1.82) is 0 Å². The zero-order valence-electron chi connectivity index (χ0n) is 8.09. The van der Waals surface area contributed by atoms with E-state index in [1.165, 1.54) is 4.90 Å². The third kappa shape index (κ3) is 1.22. The van der Waals surface area contributed by atoms with Gasteiger partial charge in [0.15, 0.2) is 0 Å². The lowest BCUT2D eigenvalue weighted by Gasteiger charge is -2.18. The number of halogens is 2. The van der Waals surface area contributed by atoms with Gasteiger partial charge in [-0.2, -0.15) is 0 Å². The van der Waals surface area contributed by atoms with Crippen molar-refractivity contribution in [1.82, 2.24) is 4.90 Å². The van der Waals surface area contributed by atoms with Crippen molar-refractivity contribution in [2.24, 2.45) is 11.1 Å². The standard InChI is InChI=1S/C9H14F2N2O/c1-6(12)7(14)13-3-2-8(5-13)4-9(8,10)11/h6H,2-5,12H2,1H3/t6-,8?/m1/s1. The Bertz CT molecular complexity index is 280. The van der Waals surface area contributed by atoms with Gasteiger partial charge in [0.2, 0.25) is 5.91 Å². The van der Waals surface area contributed by atoms with Crippen LogP contribution in [0.2, 0.25) is 0 Å². The Labute approximate surface area is 81.2 Å². The molecule has 2 fully saturated rings. The first-order chi connectivity index (χ1) is 6.38. The first-order valence-corrected chi connectivity index (χ1v) is 4.80. The van der Waals surface area contributed by atoms with E-state index in [-0.39, 0.29) is 18.9 Å². The molecule has 5 heteroatoms. The zero-order valence-corrected chi connectivity index (χ0v) is 8.09. The second-order valence-electron chi connectivity index (χ2n) is 4.46. The van der Waals surface area contributed by atoms with Crippen molar-refractivity contribution in [2.75, 3.05) is 13.1 Å². The molecule has 0 radical (unpaired) electrons. The Hall–Kier alpha value is -0.710. The SMILES string of the molecule is C[C@@H](N)C(=O)N1CCC2(C1)CC2(F)F. The van der Waals surface area contributed by atoms with Crippen molar-refractivity contribution >= 4 is 5.91 Å². The highest BCUT2D eigenvalue weighted by Crippen LogP contribution is 2.64. The molecule has 1 aliphatic carbocycles. The summed E-state index contributed by atoms with van der Waals surface area (Å²) in [5, 5.41) is 0. The summed E-state index contributed by atoms with van der Waals surface area (Å²) in [5.41, 5.74) is 4.51. The van der Waals surface area contributed by atoms with Crippen LogP contribution in [0.1, 0.15) is 19.8 Å². The molecule has 0 aromatic heterocycles. The summed E-state index contributed by atoms with van der Waals surface area (Å²) in [4.78, 5) is 12.9. The van der Waals surface area contributed by atoms with Crippen molar-refractivity contribution in [2.45, 2.75) is 31.7 Å². The van der Waals surface area contributed by atoms with E-state index < -0.39 is 17.4 Å². The van der Waals surface area contributed by atoms with E-state index in [9.17, 15) is 13.6 Å². The fourth-order valence-electron chi connectivity index (χ4n) is 2.17. The Morgan fingerprint density at radius 2 is 2.14 bits per heavy atom. The minimum atomic E-state index is -2.56. The highest BCUT2D eigenvalue weighted by molar-refractivity contribution is 5.81. The van der Waals surface area contributed by atoms with Crippen LogP contribution in [0.5, 0.6) is 0 Å². The number of hydrogen-bond donors (Lipinski definition) is 1. The normalized spacial score (nSPS) is 36.1. The molecule has 0 aromatic rings. The van der Waals surface area contributed by atoms with E-state index in [1.54, 1.807) is 6.92 Å². The lowest BCUT2D eigenvalue weighted by molar-refractivity contribution is -0.131. The molecular weight excluding hydrogens is 190 g/mol. The molecule has 1 heterocycles. The molecule has 2 aliphatic rings. The fourth-order valence-corrected chi connectivity index (χ4v) is 2.17. The zero-order chi connectivity index (χ0) is 10.6. The molecule has 1 saturated heterocycles. The van der Waals surface area contributed by atoms with Gasteiger partial charge in [-0.1, -0.05) is 0 Å². The van der Waals surface area contributed by atoms with Crippen molar-refractivity contribution < 1.29 is 13.6 Å². The number of rotatable bonds is 1. The Kier molecular flexibility index (Phi) is 1.86. The molecule has 14 heavy (non-hydrogen) atoms. The van der Waals surface area contributed by atoms with Crippen molar-refractivity contribution in [3.8, 4) is 0 Å². The summed E-state index contributed by atoms with van der Waals surface area (Å²) in [6.07, 6.45) is 0.348. The van der Waals surface area contributed by atoms with Gasteiger partial charge >= 0.3 is 0 Å². The van der Waals surface area contributed by atoms with Gasteiger partial charge in [-0.05, 0) is 13.3 Å². The third-order valence-electron chi connectivity index (χ3n) is 3.27. The van der Waals surface area contributed by atoms with Crippen LogP contribution in [0.4, 0.5) is 8.78 Å². The second-order valence-corrected chi connectivity index (χ2v) is 4.46. The van der Waals surface area contributed by atoms with Gasteiger partial charge in [0, 0.05) is 19.5 Å². The first-order valence-electron chi connectivity index (χ1n) is 4.80. The molecule has 1 unspecified atom stereocenters. The molecule has 2 atom stereocenters. The largest absolute Gasteiger partial charge is 0.341 e. The van der Waals surface area contributed by atoms with Crippen LogP contribution in [0, 0.1) is 5.41 Å². The number of nitrogens with two attached hydrogens (primary N) is 1. The number of nitrogens with zero attached hydrogens (tertiary/aromatic N) is 1. The minimum Gasteiger partial charge on any atom is -0.341 e. The fraction of sp³-hybridized carbons (Fsp3) is 0.889. The maximum Gasteiger partial charge on any atom is 0.256 e. The van der Waals surface area contributed by atoms with Crippen LogP contribution >= 0.6 is 0 Å². The average Bonchev–Trinajstić information content (AvgIpc) is 2.47. The smallest absolute Gasteiger partial charge is 0.256 e. The summed E-state index contributed by atoms with van der Waals surface area (Å²) in [7, 11) is 0. The van der Waals surface area contributed by atoms with Gasteiger partial charge < -0.3 is 10.6 Å². The first kappa shape index (κ1) is 9.83. The summed E-state index contributed by atoms with van der Waals surface area (Å²) >= 11 is 0. The highest BCUT2D eigenvalue weighted by Gasteiger charge is 2.73. The van der Waals surface area contributed by atoms with Crippen LogP contribution in [0.25, 0.3) is 0 Å². The van der Waals surface area contributed by atoms with E-state index in [2.05, 4.69) is 0 Å². The molecule has 1 saturated carbocycles. The maximum absolute atomic E-state index is 13.0. The van der Waals surface area contributed by atoms with Gasteiger partial charge in [-0.15, -0.1) is 0 Å². The molecule has 1 aliphatic heterocycles. The van der Waals surface area contributed by atoms with E-state index in [4.69, 9.17) is 5.73 Å². The third-order valence-corrected chi connectivity index (χ3v) is 3.27. The number of alkyl halides is 2. The molecule has 0 bridgehead atoms. The molecule has 80 valence electrons. The predicted molar refractivity (Wildman–Crippen MR) is 46.8 cm³/mol. The molecule has 3 nitrogen and oxygen atoms in total. The van der Waals surface area contributed by atoms with Crippen LogP contribution in [0.15, 0.2) is 0 Å². The molecular formula is C9H14F2N2O. The lowest BCUT2D eigenvalue weighted by Crippen LogP contribution is -2.41. The van der Waals surface area contributed by atoms with Gasteiger partial charge in [-0.25, -0.2) is 8.78 Å². The van der Waals surface area contributed by atoms with E-state index in [1.807, 2.05) is 0 Å². The average molecular weight is 204 g/mol.